The molecule has 1 aromatic carbocycles. The van der Waals surface area contributed by atoms with E-state index in [1.165, 1.54) is 6.92 Å². The van der Waals surface area contributed by atoms with Gasteiger partial charge in [0.25, 0.3) is 5.69 Å². The molecule has 1 heterocycles. The molecule has 27 heavy (non-hydrogen) atoms. The number of carbonyl (C=O) groups is 1. The van der Waals surface area contributed by atoms with E-state index in [4.69, 9.17) is 5.26 Å². The Balaban J connectivity index is 2.28. The minimum atomic E-state index is -1.04. The van der Waals surface area contributed by atoms with Crippen molar-refractivity contribution in [3.8, 4) is 6.07 Å². The van der Waals surface area contributed by atoms with Gasteiger partial charge >= 0.3 is 11.5 Å². The van der Waals surface area contributed by atoms with Crippen molar-refractivity contribution < 1.29 is 19.6 Å². The van der Waals surface area contributed by atoms with Crippen LogP contribution in [0.4, 0.5) is 22.9 Å². The van der Waals surface area contributed by atoms with Gasteiger partial charge < -0.3 is 15.4 Å². The lowest BCUT2D eigenvalue weighted by molar-refractivity contribution is -0.424. The first kappa shape index (κ1) is 18.9. The number of nitrogens with zero attached hydrogens (tertiary/aromatic N) is 6. The molecule has 0 aliphatic heterocycles. The number of non-ortho nitro benzene ring substituents is 1. The molecular weight excluding hydrogens is 366 g/mol. The lowest BCUT2D eigenvalue weighted by atomic mass is 10.1. The van der Waals surface area contributed by atoms with Gasteiger partial charge in [0, 0.05) is 12.1 Å². The molecule has 0 spiro atoms. The monoisotopic (exact) mass is 375 g/mol. The maximum atomic E-state index is 12.1. The largest absolute Gasteiger partial charge is 0.468 e. The van der Waals surface area contributed by atoms with Gasteiger partial charge in [0.2, 0.25) is 5.91 Å². The number of hydrogen-bond acceptors (Lipinski definition) is 9. The van der Waals surface area contributed by atoms with Crippen molar-refractivity contribution in [3.63, 3.8) is 0 Å². The summed E-state index contributed by atoms with van der Waals surface area (Å²) >= 11 is 0. The van der Waals surface area contributed by atoms with E-state index in [1.54, 1.807) is 6.07 Å². The van der Waals surface area contributed by atoms with Crippen LogP contribution in [-0.4, -0.2) is 30.5 Å². The standard InChI is InChI=1S/C13H9N7O7/c1-7-12(19(24)25)13(20(26)27)16-17(7)6-11(21)15-10-3-2-9(18(22)23)4-8(10)5-14/h2-4H,6H2,1H3,(H,15,21). The van der Waals surface area contributed by atoms with Crippen LogP contribution in [0.15, 0.2) is 18.2 Å². The smallest absolute Gasteiger partial charge is 0.358 e. The number of benzene rings is 1. The van der Waals surface area contributed by atoms with Gasteiger partial charge in [-0.05, 0) is 17.9 Å². The van der Waals surface area contributed by atoms with Gasteiger partial charge in [0.05, 0.1) is 26.2 Å². The number of nitro benzene ring substituents is 1. The Morgan fingerprint density at radius 3 is 2.37 bits per heavy atom. The van der Waals surface area contributed by atoms with Crippen LogP contribution in [0, 0.1) is 48.6 Å². The molecule has 0 bridgehead atoms. The van der Waals surface area contributed by atoms with E-state index in [-0.39, 0.29) is 22.6 Å². The van der Waals surface area contributed by atoms with E-state index < -0.39 is 38.7 Å². The minimum absolute atomic E-state index is 0.0260. The predicted molar refractivity (Wildman–Crippen MR) is 86.7 cm³/mol. The maximum Gasteiger partial charge on any atom is 0.468 e. The summed E-state index contributed by atoms with van der Waals surface area (Å²) in [6.45, 7) is 0.584. The van der Waals surface area contributed by atoms with Gasteiger partial charge in [0.1, 0.15) is 18.3 Å². The van der Waals surface area contributed by atoms with Crippen LogP contribution in [0.1, 0.15) is 11.3 Å². The van der Waals surface area contributed by atoms with Crippen molar-refractivity contribution in [1.82, 2.24) is 9.78 Å². The Morgan fingerprint density at radius 2 is 1.89 bits per heavy atom. The number of anilines is 1. The highest BCUT2D eigenvalue weighted by Crippen LogP contribution is 2.29. The molecule has 138 valence electrons. The molecule has 0 radical (unpaired) electrons. The Hall–Kier alpha value is -4.41. The Bertz CT molecular complexity index is 1020. The Morgan fingerprint density at radius 1 is 1.22 bits per heavy atom. The summed E-state index contributed by atoms with van der Waals surface area (Å²) < 4.78 is 0.781. The molecule has 2 rings (SSSR count). The number of nitrogens with one attached hydrogen (secondary N) is 1. The number of carbonyl (C=O) groups excluding carboxylic acids is 1. The zero-order chi connectivity index (χ0) is 20.3. The number of hydrogen-bond donors (Lipinski definition) is 1. The molecule has 1 amide bonds. The number of amides is 1. The van der Waals surface area contributed by atoms with Crippen molar-refractivity contribution in [1.29, 1.82) is 5.26 Å². The SMILES string of the molecule is Cc1c([N+](=O)[O-])c([N+](=O)[O-])nn1CC(=O)Nc1ccc([N+](=O)[O-])cc1C#N. The highest BCUT2D eigenvalue weighted by Gasteiger charge is 2.35. The topological polar surface area (TPSA) is 200 Å². The average molecular weight is 375 g/mol. The zero-order valence-electron chi connectivity index (χ0n) is 13.5. The summed E-state index contributed by atoms with van der Waals surface area (Å²) in [6.07, 6.45) is 0. The van der Waals surface area contributed by atoms with E-state index in [1.807, 2.05) is 0 Å². The van der Waals surface area contributed by atoms with Crippen LogP contribution in [0.5, 0.6) is 0 Å². The fourth-order valence-corrected chi connectivity index (χ4v) is 2.18. The normalized spacial score (nSPS) is 10.1. The second-order valence-corrected chi connectivity index (χ2v) is 5.08. The van der Waals surface area contributed by atoms with Crippen LogP contribution in [0.3, 0.4) is 0 Å². The third-order valence-electron chi connectivity index (χ3n) is 3.41. The van der Waals surface area contributed by atoms with E-state index in [0.717, 1.165) is 22.9 Å². The molecule has 0 atom stereocenters. The number of aromatic nitrogens is 2. The summed E-state index contributed by atoms with van der Waals surface area (Å²) in [5.41, 5.74) is -1.58. The lowest BCUT2D eigenvalue weighted by Gasteiger charge is -2.06. The van der Waals surface area contributed by atoms with Crippen LogP contribution in [0.2, 0.25) is 0 Å². The first-order valence-corrected chi connectivity index (χ1v) is 7.00. The fourth-order valence-electron chi connectivity index (χ4n) is 2.18. The third kappa shape index (κ3) is 3.82. The van der Waals surface area contributed by atoms with Crippen molar-refractivity contribution in [2.75, 3.05) is 5.32 Å². The molecule has 0 saturated heterocycles. The van der Waals surface area contributed by atoms with Gasteiger partial charge in [-0.2, -0.15) is 9.94 Å². The molecule has 14 nitrogen and oxygen atoms in total. The second kappa shape index (κ2) is 7.23. The van der Waals surface area contributed by atoms with Crippen LogP contribution >= 0.6 is 0 Å². The molecule has 14 heteroatoms. The van der Waals surface area contributed by atoms with Crippen molar-refractivity contribution in [3.05, 3.63) is 59.8 Å². The summed E-state index contributed by atoms with van der Waals surface area (Å²) in [5, 5.41) is 47.3. The number of nitro groups is 3. The Kier molecular flexibility index (Phi) is 5.06. The third-order valence-corrected chi connectivity index (χ3v) is 3.41. The van der Waals surface area contributed by atoms with E-state index in [9.17, 15) is 35.1 Å². The van der Waals surface area contributed by atoms with E-state index in [2.05, 4.69) is 10.4 Å². The summed E-state index contributed by atoms with van der Waals surface area (Å²) in [7, 11) is 0. The van der Waals surface area contributed by atoms with E-state index >= 15 is 0 Å². The number of rotatable bonds is 6. The molecule has 1 aromatic heterocycles. The summed E-state index contributed by atoms with van der Waals surface area (Å²) in [5.74, 6) is -1.80. The van der Waals surface area contributed by atoms with E-state index in [0.29, 0.717) is 0 Å². The summed E-state index contributed by atoms with van der Waals surface area (Å²) in [6, 6.07) is 4.88. The van der Waals surface area contributed by atoms with Crippen molar-refractivity contribution in [2.24, 2.45) is 0 Å². The van der Waals surface area contributed by atoms with Gasteiger partial charge in [-0.1, -0.05) is 0 Å². The van der Waals surface area contributed by atoms with Crippen LogP contribution < -0.4 is 5.32 Å². The van der Waals surface area contributed by atoms with Gasteiger partial charge in [-0.25, -0.2) is 0 Å². The van der Waals surface area contributed by atoms with Crippen LogP contribution in [-0.2, 0) is 11.3 Å². The zero-order valence-corrected chi connectivity index (χ0v) is 13.5. The predicted octanol–water partition coefficient (Wildman–Crippen LogP) is 1.43. The summed E-state index contributed by atoms with van der Waals surface area (Å²) in [4.78, 5) is 42.0. The fraction of sp³-hybridized carbons (Fsp3) is 0.154. The van der Waals surface area contributed by atoms with Gasteiger partial charge in [0.15, 0.2) is 0 Å². The minimum Gasteiger partial charge on any atom is -0.358 e. The molecule has 1 N–H and O–H groups in total. The van der Waals surface area contributed by atoms with Gasteiger partial charge in [-0.3, -0.25) is 25.0 Å². The molecular formula is C13H9N7O7. The molecule has 0 aliphatic carbocycles. The highest BCUT2D eigenvalue weighted by molar-refractivity contribution is 5.92. The lowest BCUT2D eigenvalue weighted by Crippen LogP contribution is -2.21. The highest BCUT2D eigenvalue weighted by atomic mass is 16.6. The maximum absolute atomic E-state index is 12.1. The quantitative estimate of drug-likeness (QED) is 0.572. The van der Waals surface area contributed by atoms with Crippen molar-refractivity contribution in [2.45, 2.75) is 13.5 Å². The second-order valence-electron chi connectivity index (χ2n) is 5.08. The van der Waals surface area contributed by atoms with Crippen molar-refractivity contribution >= 4 is 28.8 Å². The molecule has 2 aromatic rings. The van der Waals surface area contributed by atoms with Gasteiger partial charge in [-0.15, -0.1) is 0 Å². The average Bonchev–Trinajstić information content (AvgIpc) is 2.91. The molecule has 0 unspecified atom stereocenters. The molecule has 0 saturated carbocycles. The Labute approximate surface area is 149 Å². The number of nitriles is 1. The first-order chi connectivity index (χ1) is 12.6. The van der Waals surface area contributed by atoms with Crippen LogP contribution in [0.25, 0.3) is 0 Å². The molecule has 0 fully saturated rings. The first-order valence-electron chi connectivity index (χ1n) is 7.00. The molecule has 0 aliphatic rings.